The Balaban J connectivity index is 2.29. The van der Waals surface area contributed by atoms with E-state index in [2.05, 4.69) is 16.9 Å². The van der Waals surface area contributed by atoms with Gasteiger partial charge in [-0.15, -0.1) is 0 Å². The zero-order valence-electron chi connectivity index (χ0n) is 11.0. The number of amides is 2. The Bertz CT molecular complexity index is 291. The lowest BCUT2D eigenvalue weighted by Gasteiger charge is -2.35. The number of hydrogen-bond donors (Lipinski definition) is 3. The summed E-state index contributed by atoms with van der Waals surface area (Å²) in [5.74, 6) is -0.446. The lowest BCUT2D eigenvalue weighted by Crippen LogP contribution is -2.45. The minimum Gasteiger partial charge on any atom is -0.353 e. The Hall–Kier alpha value is -0.750. The maximum Gasteiger partial charge on any atom is 0.239 e. The molecule has 1 saturated carbocycles. The van der Waals surface area contributed by atoms with Crippen molar-refractivity contribution < 1.29 is 9.59 Å². The van der Waals surface area contributed by atoms with Crippen molar-refractivity contribution in [2.45, 2.75) is 36.9 Å². The van der Waals surface area contributed by atoms with Crippen LogP contribution in [-0.2, 0) is 9.59 Å². The van der Waals surface area contributed by atoms with Crippen molar-refractivity contribution in [3.63, 3.8) is 0 Å². The summed E-state index contributed by atoms with van der Waals surface area (Å²) in [4.78, 5) is 22.5. The molecule has 0 atom stereocenters. The fourth-order valence-corrected chi connectivity index (χ4v) is 3.14. The second-order valence-electron chi connectivity index (χ2n) is 4.71. The molecule has 1 aliphatic rings. The van der Waals surface area contributed by atoms with Crippen LogP contribution in [0.2, 0.25) is 0 Å². The van der Waals surface area contributed by atoms with E-state index in [4.69, 9.17) is 5.73 Å². The van der Waals surface area contributed by atoms with Crippen LogP contribution in [0.1, 0.15) is 32.1 Å². The van der Waals surface area contributed by atoms with Crippen molar-refractivity contribution in [3.8, 4) is 0 Å². The molecule has 0 saturated heterocycles. The first kappa shape index (κ1) is 15.3. The van der Waals surface area contributed by atoms with E-state index in [0.29, 0.717) is 6.54 Å². The molecule has 4 N–H and O–H groups in total. The molecular formula is C12H23N3O2S. The third kappa shape index (κ3) is 4.86. The van der Waals surface area contributed by atoms with Gasteiger partial charge >= 0.3 is 0 Å². The Kier molecular flexibility index (Phi) is 6.49. The second kappa shape index (κ2) is 7.63. The minimum atomic E-state index is -0.303. The van der Waals surface area contributed by atoms with Crippen LogP contribution < -0.4 is 16.4 Å². The highest BCUT2D eigenvalue weighted by atomic mass is 32.2. The monoisotopic (exact) mass is 273 g/mol. The number of rotatable bonds is 6. The van der Waals surface area contributed by atoms with Crippen LogP contribution in [0.3, 0.4) is 0 Å². The molecule has 0 unspecified atom stereocenters. The lowest BCUT2D eigenvalue weighted by molar-refractivity contribution is -0.125. The van der Waals surface area contributed by atoms with Crippen molar-refractivity contribution in [1.29, 1.82) is 0 Å². The highest BCUT2D eigenvalue weighted by Gasteiger charge is 2.31. The first-order valence-corrected chi connectivity index (χ1v) is 7.63. The summed E-state index contributed by atoms with van der Waals surface area (Å²) in [6, 6.07) is 0. The van der Waals surface area contributed by atoms with Gasteiger partial charge in [0.2, 0.25) is 11.8 Å². The normalized spacial score (nSPS) is 18.1. The van der Waals surface area contributed by atoms with Gasteiger partial charge in [0.1, 0.15) is 0 Å². The van der Waals surface area contributed by atoms with Crippen LogP contribution in [0.5, 0.6) is 0 Å². The second-order valence-corrected chi connectivity index (χ2v) is 5.98. The molecule has 104 valence electrons. The number of hydrogen-bond acceptors (Lipinski definition) is 4. The molecule has 0 aromatic rings. The van der Waals surface area contributed by atoms with E-state index < -0.39 is 0 Å². The molecule has 0 aliphatic heterocycles. The summed E-state index contributed by atoms with van der Waals surface area (Å²) in [5, 5.41) is 5.38. The highest BCUT2D eigenvalue weighted by molar-refractivity contribution is 8.00. The number of nitrogens with one attached hydrogen (secondary N) is 2. The maximum atomic E-state index is 11.6. The van der Waals surface area contributed by atoms with Crippen LogP contribution in [0.25, 0.3) is 0 Å². The predicted molar refractivity (Wildman–Crippen MR) is 74.4 cm³/mol. The van der Waals surface area contributed by atoms with Gasteiger partial charge in [0.05, 0.1) is 13.1 Å². The van der Waals surface area contributed by atoms with Crippen molar-refractivity contribution in [1.82, 2.24) is 10.6 Å². The standard InChI is InChI=1S/C12H23N3O2S/c1-18-12(5-3-2-4-6-12)9-15-11(17)8-14-10(16)7-13/h2-9,13H2,1H3,(H,14,16)(H,15,17). The van der Waals surface area contributed by atoms with Gasteiger partial charge in [-0.1, -0.05) is 19.3 Å². The number of thioether (sulfide) groups is 1. The molecule has 1 rings (SSSR count). The largest absolute Gasteiger partial charge is 0.353 e. The molecule has 2 amide bonds. The van der Waals surface area contributed by atoms with Crippen LogP contribution in [0, 0.1) is 0 Å². The molecule has 6 heteroatoms. The summed E-state index contributed by atoms with van der Waals surface area (Å²) in [6.45, 7) is 0.619. The first-order valence-electron chi connectivity index (χ1n) is 6.40. The molecule has 1 aliphatic carbocycles. The Morgan fingerprint density at radius 1 is 1.17 bits per heavy atom. The zero-order chi connectivity index (χ0) is 13.4. The molecule has 0 spiro atoms. The van der Waals surface area contributed by atoms with E-state index in [0.717, 1.165) is 12.8 Å². The van der Waals surface area contributed by atoms with E-state index in [1.165, 1.54) is 19.3 Å². The van der Waals surface area contributed by atoms with E-state index in [1.807, 2.05) is 11.8 Å². The van der Waals surface area contributed by atoms with Gasteiger partial charge in [0.15, 0.2) is 0 Å². The minimum absolute atomic E-state index is 0.0144. The van der Waals surface area contributed by atoms with Crippen molar-refractivity contribution in [3.05, 3.63) is 0 Å². The summed E-state index contributed by atoms with van der Waals surface area (Å²) in [5.41, 5.74) is 5.14. The third-order valence-electron chi connectivity index (χ3n) is 3.44. The smallest absolute Gasteiger partial charge is 0.239 e. The van der Waals surface area contributed by atoms with Gasteiger partial charge in [0, 0.05) is 11.3 Å². The fourth-order valence-electron chi connectivity index (χ4n) is 2.22. The van der Waals surface area contributed by atoms with Crippen LogP contribution in [0.4, 0.5) is 0 Å². The molecule has 0 aromatic carbocycles. The number of nitrogens with two attached hydrogens (primary N) is 1. The average Bonchev–Trinajstić information content (AvgIpc) is 2.43. The molecule has 5 nitrogen and oxygen atoms in total. The van der Waals surface area contributed by atoms with Crippen LogP contribution in [-0.4, -0.2) is 42.5 Å². The Labute approximate surface area is 113 Å². The van der Waals surface area contributed by atoms with Gasteiger partial charge in [-0.3, -0.25) is 9.59 Å². The van der Waals surface area contributed by atoms with E-state index in [9.17, 15) is 9.59 Å². The summed E-state index contributed by atoms with van der Waals surface area (Å²) in [6.07, 6.45) is 8.19. The first-order chi connectivity index (χ1) is 8.62. The molecule has 0 bridgehead atoms. The lowest BCUT2D eigenvalue weighted by atomic mass is 9.88. The van der Waals surface area contributed by atoms with Gasteiger partial charge in [-0.2, -0.15) is 11.8 Å². The SMILES string of the molecule is CSC1(CNC(=O)CNC(=O)CN)CCCCC1. The van der Waals surface area contributed by atoms with Crippen LogP contribution >= 0.6 is 11.8 Å². The molecule has 0 aromatic heterocycles. The topological polar surface area (TPSA) is 84.2 Å². The fraction of sp³-hybridized carbons (Fsp3) is 0.833. The van der Waals surface area contributed by atoms with Crippen molar-refractivity contribution >= 4 is 23.6 Å². The van der Waals surface area contributed by atoms with Gasteiger partial charge < -0.3 is 16.4 Å². The zero-order valence-corrected chi connectivity index (χ0v) is 11.8. The van der Waals surface area contributed by atoms with Crippen molar-refractivity contribution in [2.75, 3.05) is 25.9 Å². The van der Waals surface area contributed by atoms with E-state index >= 15 is 0 Å². The van der Waals surface area contributed by atoms with Gasteiger partial charge in [0.25, 0.3) is 0 Å². The summed E-state index contributed by atoms with van der Waals surface area (Å²) >= 11 is 1.84. The molecule has 0 heterocycles. The summed E-state index contributed by atoms with van der Waals surface area (Å²) in [7, 11) is 0. The third-order valence-corrected chi connectivity index (χ3v) is 4.86. The molecule has 0 radical (unpaired) electrons. The predicted octanol–water partition coefficient (Wildman–Crippen LogP) is 0.243. The molecular weight excluding hydrogens is 250 g/mol. The summed E-state index contributed by atoms with van der Waals surface area (Å²) < 4.78 is 0.186. The Morgan fingerprint density at radius 3 is 2.39 bits per heavy atom. The van der Waals surface area contributed by atoms with Crippen molar-refractivity contribution in [2.24, 2.45) is 5.73 Å². The van der Waals surface area contributed by atoms with E-state index in [-0.39, 0.29) is 29.7 Å². The quantitative estimate of drug-likeness (QED) is 0.647. The van der Waals surface area contributed by atoms with Gasteiger partial charge in [-0.25, -0.2) is 0 Å². The van der Waals surface area contributed by atoms with E-state index in [1.54, 1.807) is 0 Å². The van der Waals surface area contributed by atoms with Gasteiger partial charge in [-0.05, 0) is 19.1 Å². The molecule has 18 heavy (non-hydrogen) atoms. The Morgan fingerprint density at radius 2 is 1.83 bits per heavy atom. The average molecular weight is 273 g/mol. The number of carbonyl (C=O) groups is 2. The molecule has 1 fully saturated rings. The van der Waals surface area contributed by atoms with Crippen LogP contribution in [0.15, 0.2) is 0 Å². The number of carbonyl (C=O) groups excluding carboxylic acids is 2. The maximum absolute atomic E-state index is 11.6. The highest BCUT2D eigenvalue weighted by Crippen LogP contribution is 2.37.